The second-order valence-corrected chi connectivity index (χ2v) is 15.2. The lowest BCUT2D eigenvalue weighted by Gasteiger charge is -2.63. The molecule has 4 fully saturated rings. The van der Waals surface area contributed by atoms with Gasteiger partial charge in [-0.05, 0) is 79.7 Å². The van der Waals surface area contributed by atoms with Crippen molar-refractivity contribution in [3.8, 4) is 0 Å². The Bertz CT molecular complexity index is 1620. The molecule has 7 nitrogen and oxygen atoms in total. The van der Waals surface area contributed by atoms with Gasteiger partial charge in [-0.1, -0.05) is 25.1 Å². The number of Topliss-reactive ketones (excluding diaryl/α,β-unsaturated/α-hetero) is 1. The van der Waals surface area contributed by atoms with E-state index in [0.29, 0.717) is 6.42 Å². The molecule has 240 valence electrons. The summed E-state index contributed by atoms with van der Waals surface area (Å²) in [7, 11) is 3.99. The third kappa shape index (κ3) is 4.11. The molecule has 10 heteroatoms. The summed E-state index contributed by atoms with van der Waals surface area (Å²) in [5, 5.41) is 21.9. The summed E-state index contributed by atoms with van der Waals surface area (Å²) in [5.41, 5.74) is -4.31. The highest BCUT2D eigenvalue weighted by atomic mass is 32.1. The van der Waals surface area contributed by atoms with E-state index in [1.54, 1.807) is 13.8 Å². The van der Waals surface area contributed by atoms with Crippen LogP contribution in [0.25, 0.3) is 0 Å². The number of thiophene rings is 1. The Morgan fingerprint density at radius 3 is 2.67 bits per heavy atom. The average Bonchev–Trinajstić information content (AvgIpc) is 3.68. The number of ketones is 2. The van der Waals surface area contributed by atoms with Crippen molar-refractivity contribution in [2.45, 2.75) is 75.5 Å². The smallest absolute Gasteiger partial charge is 0.194 e. The quantitative estimate of drug-likeness (QED) is 0.457. The van der Waals surface area contributed by atoms with Crippen molar-refractivity contribution in [1.29, 1.82) is 0 Å². The second kappa shape index (κ2) is 10.4. The van der Waals surface area contributed by atoms with E-state index in [4.69, 9.17) is 9.47 Å². The Hall–Kier alpha value is -2.76. The predicted molar refractivity (Wildman–Crippen MR) is 165 cm³/mol. The number of hydrogen-bond acceptors (Lipinski definition) is 8. The number of carbonyl (C=O) groups excluding carboxylic acids is 2. The first-order chi connectivity index (χ1) is 21.3. The maximum Gasteiger partial charge on any atom is 0.194 e. The number of aliphatic hydroxyl groups is 2. The molecule has 3 saturated carbocycles. The first-order valence-corrected chi connectivity index (χ1v) is 16.4. The lowest BCUT2D eigenvalue weighted by Crippen LogP contribution is -2.70. The highest BCUT2D eigenvalue weighted by Gasteiger charge is 2.80. The highest BCUT2D eigenvalue weighted by Crippen LogP contribution is 2.72. The Morgan fingerprint density at radius 2 is 1.93 bits per heavy atom. The van der Waals surface area contributed by atoms with Crippen molar-refractivity contribution < 1.29 is 38.1 Å². The van der Waals surface area contributed by atoms with E-state index in [2.05, 4.69) is 12.1 Å². The molecular formula is C35H39F2NO6S. The van der Waals surface area contributed by atoms with Crippen LogP contribution in [0, 0.1) is 22.7 Å². The first kappa shape index (κ1) is 30.9. The highest BCUT2D eigenvalue weighted by molar-refractivity contribution is 7.12. The zero-order valence-electron chi connectivity index (χ0n) is 25.8. The van der Waals surface area contributed by atoms with Crippen LogP contribution in [0.3, 0.4) is 0 Å². The van der Waals surface area contributed by atoms with Gasteiger partial charge in [0, 0.05) is 47.8 Å². The van der Waals surface area contributed by atoms with Gasteiger partial charge in [0.25, 0.3) is 0 Å². The monoisotopic (exact) mass is 639 g/mol. The molecule has 0 radical (unpaired) electrons. The molecule has 10 atom stereocenters. The number of rotatable bonds is 6. The minimum absolute atomic E-state index is 0.0465. The molecule has 1 aromatic heterocycles. The first-order valence-electron chi connectivity index (χ1n) is 15.6. The topological polar surface area (TPSA) is 96.3 Å². The lowest BCUT2D eigenvalue weighted by atomic mass is 9.44. The summed E-state index contributed by atoms with van der Waals surface area (Å²) >= 11 is 1.52. The number of fused-ring (bicyclic) bond motifs is 7. The van der Waals surface area contributed by atoms with Gasteiger partial charge in [0.05, 0.1) is 17.1 Å². The molecule has 0 unspecified atom stereocenters. The fourth-order valence-corrected chi connectivity index (χ4v) is 10.5. The number of benzene rings is 1. The number of anilines is 1. The number of alkyl halides is 2. The fourth-order valence-electron chi connectivity index (χ4n) is 9.46. The van der Waals surface area contributed by atoms with Crippen LogP contribution >= 0.6 is 11.3 Å². The standard InChI is InChI=1S/C35H39F2NO6S/c1-32-11-10-21(40)14-25(32)26(36)15-24-23-16-30-35(29(42)18-39,33(23,2)17-28(41)34(24,32)37)44-31(43-30)27-9-8-22(45-27)13-19-6-5-7-20(12-19)38(3)4/h5-12,14,23-24,26,28,30-31,39,41H,13,15-18H2,1-4H3/t23-,24-,26-,28-,30+,31+,32-,33-,34-,35+/m0/s1. The van der Waals surface area contributed by atoms with Crippen LogP contribution in [0.2, 0.25) is 0 Å². The summed E-state index contributed by atoms with van der Waals surface area (Å²) in [5.74, 6) is -2.56. The Balaban J connectivity index is 1.21. The molecule has 4 aliphatic carbocycles. The van der Waals surface area contributed by atoms with Gasteiger partial charge in [-0.25, -0.2) is 8.78 Å². The van der Waals surface area contributed by atoms with E-state index >= 15 is 8.78 Å². The van der Waals surface area contributed by atoms with Gasteiger partial charge in [0.2, 0.25) is 0 Å². The number of nitrogens with zero attached hydrogens (tertiary/aromatic N) is 1. The third-order valence-electron chi connectivity index (χ3n) is 11.6. The molecule has 2 aromatic rings. The number of hydrogen-bond donors (Lipinski definition) is 2. The van der Waals surface area contributed by atoms with Crippen LogP contribution in [-0.4, -0.2) is 72.1 Å². The van der Waals surface area contributed by atoms with Crippen LogP contribution in [0.5, 0.6) is 0 Å². The van der Waals surface area contributed by atoms with E-state index in [0.717, 1.165) is 27.1 Å². The van der Waals surface area contributed by atoms with Gasteiger partial charge >= 0.3 is 0 Å². The van der Waals surface area contributed by atoms with Crippen molar-refractivity contribution >= 4 is 28.6 Å². The molecule has 0 bridgehead atoms. The summed E-state index contributed by atoms with van der Waals surface area (Å²) in [6.45, 7) is 2.53. The number of aliphatic hydroxyl groups excluding tert-OH is 2. The molecule has 1 saturated heterocycles. The van der Waals surface area contributed by atoms with Gasteiger partial charge in [-0.3, -0.25) is 9.59 Å². The van der Waals surface area contributed by atoms with Crippen molar-refractivity contribution in [2.75, 3.05) is 25.6 Å². The maximum atomic E-state index is 17.6. The zero-order chi connectivity index (χ0) is 32.1. The molecule has 2 heterocycles. The van der Waals surface area contributed by atoms with Crippen LogP contribution in [0.4, 0.5) is 14.5 Å². The van der Waals surface area contributed by atoms with Crippen molar-refractivity contribution in [3.05, 3.63) is 75.5 Å². The van der Waals surface area contributed by atoms with Gasteiger partial charge in [0.15, 0.2) is 29.1 Å². The molecule has 5 aliphatic rings. The summed E-state index contributed by atoms with van der Waals surface area (Å²) in [6, 6.07) is 12.2. The molecule has 1 aromatic carbocycles. The third-order valence-corrected chi connectivity index (χ3v) is 12.8. The molecule has 7 rings (SSSR count). The second-order valence-electron chi connectivity index (χ2n) is 14.0. The summed E-state index contributed by atoms with van der Waals surface area (Å²) in [6.07, 6.45) is -0.552. The predicted octanol–water partition coefficient (Wildman–Crippen LogP) is 5.05. The van der Waals surface area contributed by atoms with Crippen molar-refractivity contribution in [2.24, 2.45) is 22.7 Å². The van der Waals surface area contributed by atoms with E-state index in [9.17, 15) is 19.8 Å². The normalized spacial score (nSPS) is 41.6. The van der Waals surface area contributed by atoms with Crippen LogP contribution in [0.15, 0.2) is 60.2 Å². The van der Waals surface area contributed by atoms with E-state index in [1.165, 1.54) is 23.5 Å². The number of ether oxygens (including phenoxy) is 2. The van der Waals surface area contributed by atoms with Gasteiger partial charge in [-0.2, -0.15) is 0 Å². The summed E-state index contributed by atoms with van der Waals surface area (Å²) in [4.78, 5) is 29.8. The van der Waals surface area contributed by atoms with E-state index < -0.39 is 76.8 Å². The number of halogens is 2. The molecular weight excluding hydrogens is 600 g/mol. The van der Waals surface area contributed by atoms with Gasteiger partial charge < -0.3 is 24.6 Å². The maximum absolute atomic E-state index is 17.6. The number of carbonyl (C=O) groups is 2. The van der Waals surface area contributed by atoms with Crippen molar-refractivity contribution in [1.82, 2.24) is 0 Å². The molecule has 0 amide bonds. The van der Waals surface area contributed by atoms with Crippen LogP contribution in [0.1, 0.15) is 54.7 Å². The minimum atomic E-state index is -2.28. The lowest BCUT2D eigenvalue weighted by molar-refractivity contribution is -0.234. The average molecular weight is 640 g/mol. The zero-order valence-corrected chi connectivity index (χ0v) is 26.7. The molecule has 1 aliphatic heterocycles. The van der Waals surface area contributed by atoms with Crippen LogP contribution < -0.4 is 4.90 Å². The number of allylic oxidation sites excluding steroid dienone is 4. The minimum Gasteiger partial charge on any atom is -0.390 e. The van der Waals surface area contributed by atoms with Gasteiger partial charge in [0.1, 0.15) is 12.8 Å². The van der Waals surface area contributed by atoms with E-state index in [-0.39, 0.29) is 24.8 Å². The molecule has 45 heavy (non-hydrogen) atoms. The Labute approximate surface area is 265 Å². The van der Waals surface area contributed by atoms with E-state index in [1.807, 2.05) is 43.3 Å². The molecule has 2 N–H and O–H groups in total. The Morgan fingerprint density at radius 1 is 1.16 bits per heavy atom. The SMILES string of the molecule is CN(C)c1cccc(Cc2ccc([C@@H]3O[C@@H]4C[C@H]5[C@@H]6C[C@H](F)C7=CC(=O)C=C[C@]7(C)[C@@]6(F)[C@@H](O)C[C@]5(C)[C@]4(C(=O)CO)O3)s2)c1. The molecule has 0 spiro atoms. The van der Waals surface area contributed by atoms with Crippen LogP contribution in [-0.2, 0) is 25.5 Å². The summed E-state index contributed by atoms with van der Waals surface area (Å²) < 4.78 is 46.5. The fraction of sp³-hybridized carbons (Fsp3) is 0.543. The largest absolute Gasteiger partial charge is 0.390 e. The van der Waals surface area contributed by atoms with Crippen molar-refractivity contribution in [3.63, 3.8) is 0 Å². The van der Waals surface area contributed by atoms with Gasteiger partial charge in [-0.15, -0.1) is 11.3 Å². The Kier molecular flexibility index (Phi) is 7.12.